The van der Waals surface area contributed by atoms with Gasteiger partial charge >= 0.3 is 0 Å². The fraction of sp³-hybridized carbons (Fsp3) is 0.222. The molecule has 0 aliphatic heterocycles. The third-order valence-corrected chi connectivity index (χ3v) is 4.36. The molecule has 1 amide bonds. The molecule has 5 nitrogen and oxygen atoms in total. The van der Waals surface area contributed by atoms with Crippen LogP contribution in [-0.4, -0.2) is 31.6 Å². The molecular weight excluding hydrogens is 360 g/mol. The molecule has 0 bridgehead atoms. The number of benzene rings is 2. The van der Waals surface area contributed by atoms with E-state index in [0.717, 1.165) is 10.5 Å². The number of halogens is 1. The number of nitrogens with zero attached hydrogens (tertiary/aromatic N) is 1. The van der Waals surface area contributed by atoms with Crippen molar-refractivity contribution in [2.75, 3.05) is 19.5 Å². The lowest BCUT2D eigenvalue weighted by atomic mass is 10.2. The van der Waals surface area contributed by atoms with E-state index in [1.807, 2.05) is 37.3 Å². The van der Waals surface area contributed by atoms with Crippen molar-refractivity contribution in [3.8, 4) is 11.5 Å². The summed E-state index contributed by atoms with van der Waals surface area (Å²) in [5.41, 5.74) is 3.24. The number of amides is 1. The van der Waals surface area contributed by atoms with Crippen LogP contribution in [0.25, 0.3) is 0 Å². The van der Waals surface area contributed by atoms with E-state index in [2.05, 4.69) is 10.5 Å². The quantitative estimate of drug-likeness (QED) is 0.428. The third kappa shape index (κ3) is 5.99. The largest absolute Gasteiger partial charge is 0.493 e. The predicted molar refractivity (Wildman–Crippen MR) is 102 cm³/mol. The average molecular weight is 379 g/mol. The molecule has 0 saturated carbocycles. The van der Waals surface area contributed by atoms with E-state index in [9.17, 15) is 4.79 Å². The smallest absolute Gasteiger partial charge is 0.250 e. The highest BCUT2D eigenvalue weighted by molar-refractivity contribution is 8.00. The van der Waals surface area contributed by atoms with Crippen LogP contribution in [0.4, 0.5) is 0 Å². The first-order chi connectivity index (χ1) is 12.1. The van der Waals surface area contributed by atoms with Crippen LogP contribution in [0, 0.1) is 0 Å². The first-order valence-corrected chi connectivity index (χ1v) is 9.00. The van der Waals surface area contributed by atoms with Crippen molar-refractivity contribution in [2.45, 2.75) is 11.8 Å². The van der Waals surface area contributed by atoms with Crippen molar-refractivity contribution in [2.24, 2.45) is 5.10 Å². The van der Waals surface area contributed by atoms with Gasteiger partial charge in [0.2, 0.25) is 5.91 Å². The summed E-state index contributed by atoms with van der Waals surface area (Å²) in [6.07, 6.45) is 1.54. The molecular formula is C18H19ClN2O3S. The molecule has 0 aliphatic carbocycles. The van der Waals surface area contributed by atoms with Crippen molar-refractivity contribution in [1.29, 1.82) is 0 Å². The van der Waals surface area contributed by atoms with Gasteiger partial charge in [-0.15, -0.1) is 11.8 Å². The number of nitrogens with one attached hydrogen (secondary N) is 1. The number of methoxy groups -OCH3 is 1. The molecule has 132 valence electrons. The van der Waals surface area contributed by atoms with Crippen LogP contribution in [0.15, 0.2) is 52.5 Å². The number of hydrogen-bond acceptors (Lipinski definition) is 5. The van der Waals surface area contributed by atoms with Crippen LogP contribution in [0.5, 0.6) is 11.5 Å². The molecule has 0 heterocycles. The Balaban J connectivity index is 1.91. The standard InChI is InChI=1S/C18H19ClN2O3S/c1-3-24-18-13(5-4-6-16(18)23-2)11-20-21-17(22)12-25-15-9-7-14(19)8-10-15/h4-11H,3,12H2,1-2H3,(H,21,22)/b20-11+. The summed E-state index contributed by atoms with van der Waals surface area (Å²) in [4.78, 5) is 12.8. The zero-order chi connectivity index (χ0) is 18.1. The van der Waals surface area contributed by atoms with Crippen molar-refractivity contribution < 1.29 is 14.3 Å². The summed E-state index contributed by atoms with van der Waals surface area (Å²) in [7, 11) is 1.58. The Morgan fingerprint density at radius 2 is 2.04 bits per heavy atom. The first kappa shape index (κ1) is 19.1. The Hall–Kier alpha value is -2.18. The van der Waals surface area contributed by atoms with Gasteiger partial charge in [0.05, 0.1) is 25.7 Å². The highest BCUT2D eigenvalue weighted by atomic mass is 35.5. The van der Waals surface area contributed by atoms with Gasteiger partial charge in [0.25, 0.3) is 0 Å². The Bertz CT molecular complexity index is 736. The van der Waals surface area contributed by atoms with E-state index in [0.29, 0.717) is 23.1 Å². The summed E-state index contributed by atoms with van der Waals surface area (Å²) >= 11 is 7.24. The molecule has 7 heteroatoms. The summed E-state index contributed by atoms with van der Waals surface area (Å²) in [5, 5.41) is 4.66. The molecule has 25 heavy (non-hydrogen) atoms. The maximum atomic E-state index is 11.9. The van der Waals surface area contributed by atoms with Gasteiger partial charge in [-0.2, -0.15) is 5.10 Å². The highest BCUT2D eigenvalue weighted by Crippen LogP contribution is 2.29. The highest BCUT2D eigenvalue weighted by Gasteiger charge is 2.08. The second-order valence-corrected chi connectivity index (χ2v) is 6.33. The normalized spacial score (nSPS) is 10.7. The summed E-state index contributed by atoms with van der Waals surface area (Å²) < 4.78 is 10.9. The average Bonchev–Trinajstić information content (AvgIpc) is 2.62. The van der Waals surface area contributed by atoms with Gasteiger partial charge in [-0.3, -0.25) is 4.79 Å². The van der Waals surface area contributed by atoms with Gasteiger partial charge in [0.1, 0.15) is 0 Å². The SMILES string of the molecule is CCOc1c(/C=N/NC(=O)CSc2ccc(Cl)cc2)cccc1OC. The molecule has 2 aromatic rings. The first-order valence-electron chi connectivity index (χ1n) is 7.64. The number of hydrazone groups is 1. The molecule has 0 aliphatic rings. The second kappa shape index (κ2) is 9.96. The second-order valence-electron chi connectivity index (χ2n) is 4.85. The number of thioether (sulfide) groups is 1. The summed E-state index contributed by atoms with van der Waals surface area (Å²) in [6.45, 7) is 2.40. The van der Waals surface area contributed by atoms with Gasteiger partial charge in [0, 0.05) is 15.5 Å². The van der Waals surface area contributed by atoms with Crippen molar-refractivity contribution in [3.05, 3.63) is 53.1 Å². The maximum Gasteiger partial charge on any atom is 0.250 e. The maximum absolute atomic E-state index is 11.9. The minimum absolute atomic E-state index is 0.197. The molecule has 0 aromatic heterocycles. The number of ether oxygens (including phenoxy) is 2. The van der Waals surface area contributed by atoms with E-state index in [1.54, 1.807) is 25.5 Å². The fourth-order valence-corrected chi connectivity index (χ4v) is 2.80. The Morgan fingerprint density at radius 1 is 1.28 bits per heavy atom. The van der Waals surface area contributed by atoms with Gasteiger partial charge in [0.15, 0.2) is 11.5 Å². The van der Waals surface area contributed by atoms with E-state index >= 15 is 0 Å². The van der Waals surface area contributed by atoms with Crippen molar-refractivity contribution in [1.82, 2.24) is 5.43 Å². The summed E-state index contributed by atoms with van der Waals surface area (Å²) in [5.74, 6) is 1.28. The topological polar surface area (TPSA) is 59.9 Å². The van der Waals surface area contributed by atoms with Crippen molar-refractivity contribution >= 4 is 35.5 Å². The van der Waals surface area contributed by atoms with Crippen LogP contribution >= 0.6 is 23.4 Å². The third-order valence-electron chi connectivity index (χ3n) is 3.09. The van der Waals surface area contributed by atoms with Gasteiger partial charge in [-0.05, 0) is 43.3 Å². The molecule has 0 fully saturated rings. The fourth-order valence-electron chi connectivity index (χ4n) is 1.98. The van der Waals surface area contributed by atoms with Crippen LogP contribution in [0.2, 0.25) is 5.02 Å². The van der Waals surface area contributed by atoms with E-state index in [1.165, 1.54) is 11.8 Å². The Morgan fingerprint density at radius 3 is 2.72 bits per heavy atom. The van der Waals surface area contributed by atoms with Gasteiger partial charge in [-0.1, -0.05) is 17.7 Å². The van der Waals surface area contributed by atoms with Crippen LogP contribution in [0.1, 0.15) is 12.5 Å². The monoisotopic (exact) mass is 378 g/mol. The zero-order valence-electron chi connectivity index (χ0n) is 14.0. The minimum Gasteiger partial charge on any atom is -0.493 e. The lowest BCUT2D eigenvalue weighted by Gasteiger charge is -2.11. The lowest BCUT2D eigenvalue weighted by Crippen LogP contribution is -2.19. The molecule has 0 atom stereocenters. The van der Waals surface area contributed by atoms with Gasteiger partial charge < -0.3 is 9.47 Å². The molecule has 1 N–H and O–H groups in total. The molecule has 0 unspecified atom stereocenters. The van der Waals surface area contributed by atoms with Crippen LogP contribution in [-0.2, 0) is 4.79 Å². The number of para-hydroxylation sites is 1. The molecule has 0 spiro atoms. The lowest BCUT2D eigenvalue weighted by molar-refractivity contribution is -0.118. The van der Waals surface area contributed by atoms with E-state index in [4.69, 9.17) is 21.1 Å². The molecule has 2 aromatic carbocycles. The number of rotatable bonds is 8. The van der Waals surface area contributed by atoms with Gasteiger partial charge in [-0.25, -0.2) is 5.43 Å². The van der Waals surface area contributed by atoms with Crippen LogP contribution in [0.3, 0.4) is 0 Å². The molecule has 0 saturated heterocycles. The summed E-state index contributed by atoms with van der Waals surface area (Å²) in [6, 6.07) is 12.8. The molecule has 0 radical (unpaired) electrons. The Kier molecular flexibility index (Phi) is 7.63. The van der Waals surface area contributed by atoms with E-state index in [-0.39, 0.29) is 11.7 Å². The van der Waals surface area contributed by atoms with E-state index < -0.39 is 0 Å². The predicted octanol–water partition coefficient (Wildman–Crippen LogP) is 3.99. The minimum atomic E-state index is -0.197. The number of carbonyl (C=O) groups excluding carboxylic acids is 1. The number of hydrogen-bond donors (Lipinski definition) is 1. The number of carbonyl (C=O) groups is 1. The Labute approximate surface area is 156 Å². The molecule has 2 rings (SSSR count). The zero-order valence-corrected chi connectivity index (χ0v) is 15.6. The van der Waals surface area contributed by atoms with Crippen LogP contribution < -0.4 is 14.9 Å². The van der Waals surface area contributed by atoms with Crippen molar-refractivity contribution in [3.63, 3.8) is 0 Å².